The number of hydrogen-bond donors (Lipinski definition) is 0. The van der Waals surface area contributed by atoms with Crippen LogP contribution in [0.1, 0.15) is 29.3 Å². The summed E-state index contributed by atoms with van der Waals surface area (Å²) < 4.78 is 12.7. The number of amides is 1. The third kappa shape index (κ3) is 5.75. The van der Waals surface area contributed by atoms with E-state index < -0.39 is 0 Å². The van der Waals surface area contributed by atoms with Gasteiger partial charge in [-0.25, -0.2) is 4.98 Å². The molecule has 0 N–H and O–H groups in total. The van der Waals surface area contributed by atoms with E-state index in [2.05, 4.69) is 30.0 Å². The standard InChI is InChI=1S/C29H31N3O3S/c1-2-22-13-14-25-27(21-22)36-29(30-25)32(16-8-15-31-17-19-34-20-18-31)28(33)24-11-6-7-12-26(24)35-23-9-4-3-5-10-23/h3-7,9-14,21H,2,8,15-20H2,1H3. The Bertz CT molecular complexity index is 1300. The van der Waals surface area contributed by atoms with Crippen LogP contribution < -0.4 is 9.64 Å². The van der Waals surface area contributed by atoms with Crippen molar-refractivity contribution in [3.8, 4) is 11.5 Å². The number of ether oxygens (including phenoxy) is 2. The quantitative estimate of drug-likeness (QED) is 0.281. The van der Waals surface area contributed by atoms with Crippen molar-refractivity contribution in [2.24, 2.45) is 0 Å². The maximum absolute atomic E-state index is 14.0. The molecule has 0 atom stereocenters. The topological polar surface area (TPSA) is 54.9 Å². The Hall–Kier alpha value is -3.26. The van der Waals surface area contributed by atoms with Crippen LogP contribution in [-0.4, -0.2) is 55.2 Å². The molecule has 2 heterocycles. The number of aryl methyl sites for hydroxylation is 1. The van der Waals surface area contributed by atoms with Crippen molar-refractivity contribution >= 4 is 32.6 Å². The number of morpholine rings is 1. The van der Waals surface area contributed by atoms with Gasteiger partial charge < -0.3 is 9.47 Å². The first-order chi connectivity index (χ1) is 17.7. The van der Waals surface area contributed by atoms with Gasteiger partial charge in [-0.2, -0.15) is 0 Å². The number of carbonyl (C=O) groups is 1. The first-order valence-electron chi connectivity index (χ1n) is 12.5. The lowest BCUT2D eigenvalue weighted by molar-refractivity contribution is 0.0376. The molecule has 4 aromatic rings. The molecule has 186 valence electrons. The molecule has 0 bridgehead atoms. The number of thiazole rings is 1. The van der Waals surface area contributed by atoms with Gasteiger partial charge in [0.2, 0.25) is 0 Å². The van der Waals surface area contributed by atoms with Gasteiger partial charge in [-0.3, -0.25) is 14.6 Å². The van der Waals surface area contributed by atoms with Crippen molar-refractivity contribution in [2.45, 2.75) is 19.8 Å². The molecule has 1 amide bonds. The van der Waals surface area contributed by atoms with Gasteiger partial charge >= 0.3 is 0 Å². The molecule has 5 rings (SSSR count). The molecule has 6 nitrogen and oxygen atoms in total. The minimum atomic E-state index is -0.0988. The number of para-hydroxylation sites is 2. The molecule has 1 aromatic heterocycles. The van der Waals surface area contributed by atoms with E-state index in [-0.39, 0.29) is 5.91 Å². The number of hydrogen-bond acceptors (Lipinski definition) is 6. The van der Waals surface area contributed by atoms with Gasteiger partial charge in [-0.05, 0) is 54.8 Å². The van der Waals surface area contributed by atoms with Crippen molar-refractivity contribution in [2.75, 3.05) is 44.3 Å². The predicted octanol–water partition coefficient (Wildman–Crippen LogP) is 6.02. The van der Waals surface area contributed by atoms with Crippen LogP contribution in [0.3, 0.4) is 0 Å². The summed E-state index contributed by atoms with van der Waals surface area (Å²) in [6.07, 6.45) is 1.82. The second-order valence-corrected chi connectivity index (χ2v) is 9.84. The first kappa shape index (κ1) is 24.4. The SMILES string of the molecule is CCc1ccc2nc(N(CCCN3CCOCC3)C(=O)c3ccccc3Oc3ccccc3)sc2c1. The number of anilines is 1. The Labute approximate surface area is 216 Å². The summed E-state index contributed by atoms with van der Waals surface area (Å²) in [4.78, 5) is 23.1. The van der Waals surface area contributed by atoms with Crippen LogP contribution in [0, 0.1) is 0 Å². The number of nitrogens with zero attached hydrogens (tertiary/aromatic N) is 3. The molecule has 0 saturated carbocycles. The summed E-state index contributed by atoms with van der Waals surface area (Å²) in [5.41, 5.74) is 2.72. The monoisotopic (exact) mass is 501 g/mol. The fraction of sp³-hybridized carbons (Fsp3) is 0.310. The molecule has 36 heavy (non-hydrogen) atoms. The van der Waals surface area contributed by atoms with Crippen LogP contribution in [0.25, 0.3) is 10.2 Å². The lowest BCUT2D eigenvalue weighted by atomic mass is 10.1. The van der Waals surface area contributed by atoms with Gasteiger partial charge in [0.15, 0.2) is 5.13 Å². The highest BCUT2D eigenvalue weighted by Crippen LogP contribution is 2.33. The molecule has 0 radical (unpaired) electrons. The molecule has 1 aliphatic heterocycles. The highest BCUT2D eigenvalue weighted by atomic mass is 32.1. The van der Waals surface area contributed by atoms with E-state index in [1.54, 1.807) is 11.3 Å². The Morgan fingerprint density at radius 3 is 2.64 bits per heavy atom. The molecule has 0 spiro atoms. The van der Waals surface area contributed by atoms with E-state index in [0.717, 1.165) is 61.0 Å². The van der Waals surface area contributed by atoms with Crippen LogP contribution in [0.4, 0.5) is 5.13 Å². The van der Waals surface area contributed by atoms with E-state index in [1.165, 1.54) is 5.56 Å². The second-order valence-electron chi connectivity index (χ2n) is 8.83. The number of rotatable bonds is 9. The van der Waals surface area contributed by atoms with Crippen LogP contribution in [0.2, 0.25) is 0 Å². The molecule has 1 aliphatic rings. The molecular formula is C29H31N3O3S. The highest BCUT2D eigenvalue weighted by molar-refractivity contribution is 7.22. The third-order valence-electron chi connectivity index (χ3n) is 6.37. The Kier molecular flexibility index (Phi) is 7.91. The zero-order valence-electron chi connectivity index (χ0n) is 20.6. The van der Waals surface area contributed by atoms with Gasteiger partial charge in [0.1, 0.15) is 11.5 Å². The molecular weight excluding hydrogens is 470 g/mol. The normalized spacial score (nSPS) is 14.1. The lowest BCUT2D eigenvalue weighted by Crippen LogP contribution is -2.39. The lowest BCUT2D eigenvalue weighted by Gasteiger charge is -2.28. The van der Waals surface area contributed by atoms with E-state index in [1.807, 2.05) is 59.5 Å². The van der Waals surface area contributed by atoms with E-state index in [9.17, 15) is 4.79 Å². The summed E-state index contributed by atoms with van der Waals surface area (Å²) in [6.45, 7) is 7.05. The minimum absolute atomic E-state index is 0.0988. The fourth-order valence-corrected chi connectivity index (χ4v) is 5.40. The molecule has 0 unspecified atom stereocenters. The van der Waals surface area contributed by atoms with Crippen molar-refractivity contribution in [3.63, 3.8) is 0 Å². The van der Waals surface area contributed by atoms with Gasteiger partial charge in [0, 0.05) is 26.2 Å². The van der Waals surface area contributed by atoms with E-state index in [0.29, 0.717) is 23.6 Å². The van der Waals surface area contributed by atoms with Crippen LogP contribution in [0.15, 0.2) is 72.8 Å². The zero-order valence-corrected chi connectivity index (χ0v) is 21.4. The molecule has 1 saturated heterocycles. The number of carbonyl (C=O) groups excluding carboxylic acids is 1. The van der Waals surface area contributed by atoms with Crippen LogP contribution in [0.5, 0.6) is 11.5 Å². The van der Waals surface area contributed by atoms with Crippen LogP contribution >= 0.6 is 11.3 Å². The summed E-state index contributed by atoms with van der Waals surface area (Å²) in [5.74, 6) is 1.14. The summed E-state index contributed by atoms with van der Waals surface area (Å²) in [7, 11) is 0. The molecule has 3 aromatic carbocycles. The number of aromatic nitrogens is 1. The van der Waals surface area contributed by atoms with Gasteiger partial charge in [0.05, 0.1) is 29.0 Å². The molecule has 0 aliphatic carbocycles. The van der Waals surface area contributed by atoms with Crippen LogP contribution in [-0.2, 0) is 11.2 Å². The summed E-state index contributed by atoms with van der Waals surface area (Å²) in [6, 6.07) is 23.3. The maximum Gasteiger partial charge on any atom is 0.263 e. The average Bonchev–Trinajstić information content (AvgIpc) is 3.35. The Morgan fingerprint density at radius 2 is 1.83 bits per heavy atom. The number of fused-ring (bicyclic) bond motifs is 1. The van der Waals surface area contributed by atoms with Crippen molar-refractivity contribution in [1.82, 2.24) is 9.88 Å². The van der Waals surface area contributed by atoms with Crippen molar-refractivity contribution in [3.05, 3.63) is 83.9 Å². The van der Waals surface area contributed by atoms with Gasteiger partial charge in [-0.15, -0.1) is 0 Å². The average molecular weight is 502 g/mol. The summed E-state index contributed by atoms with van der Waals surface area (Å²) >= 11 is 1.57. The number of benzene rings is 3. The summed E-state index contributed by atoms with van der Waals surface area (Å²) in [5, 5.41) is 0.722. The van der Waals surface area contributed by atoms with Gasteiger partial charge in [0.25, 0.3) is 5.91 Å². The Morgan fingerprint density at radius 1 is 1.06 bits per heavy atom. The van der Waals surface area contributed by atoms with Crippen molar-refractivity contribution < 1.29 is 14.3 Å². The molecule has 1 fully saturated rings. The Balaban J connectivity index is 1.43. The zero-order chi connectivity index (χ0) is 24.7. The first-order valence-corrected chi connectivity index (χ1v) is 13.4. The maximum atomic E-state index is 14.0. The smallest absolute Gasteiger partial charge is 0.263 e. The van der Waals surface area contributed by atoms with E-state index >= 15 is 0 Å². The second kappa shape index (κ2) is 11.6. The minimum Gasteiger partial charge on any atom is -0.457 e. The largest absolute Gasteiger partial charge is 0.457 e. The van der Waals surface area contributed by atoms with Gasteiger partial charge in [-0.1, -0.05) is 54.7 Å². The predicted molar refractivity (Wildman–Crippen MR) is 146 cm³/mol. The fourth-order valence-electron chi connectivity index (χ4n) is 4.35. The third-order valence-corrected chi connectivity index (χ3v) is 7.42. The molecule has 7 heteroatoms. The highest BCUT2D eigenvalue weighted by Gasteiger charge is 2.24. The van der Waals surface area contributed by atoms with Crippen molar-refractivity contribution in [1.29, 1.82) is 0 Å². The van der Waals surface area contributed by atoms with E-state index in [4.69, 9.17) is 14.5 Å².